The Bertz CT molecular complexity index is 333. The number of nitrogens with zero attached hydrogens (tertiary/aromatic N) is 1. The average Bonchev–Trinajstić information content (AvgIpc) is 2.72. The third-order valence-electron chi connectivity index (χ3n) is 2.56. The maximum absolute atomic E-state index is 4.42. The Labute approximate surface area is 89.1 Å². The summed E-state index contributed by atoms with van der Waals surface area (Å²) in [6.07, 6.45) is 6.86. The maximum atomic E-state index is 4.42. The predicted molar refractivity (Wildman–Crippen MR) is 60.6 cm³/mol. The van der Waals surface area contributed by atoms with Gasteiger partial charge in [0.05, 0.1) is 10.7 Å². The van der Waals surface area contributed by atoms with Crippen molar-refractivity contribution in [2.45, 2.75) is 39.3 Å². The van der Waals surface area contributed by atoms with E-state index < -0.39 is 0 Å². The molecule has 0 saturated carbocycles. The molecular weight excluding hydrogens is 192 g/mol. The minimum absolute atomic E-state index is 0.650. The molecule has 2 rings (SSSR count). The average molecular weight is 208 g/mol. The predicted octanol–water partition coefficient (Wildman–Crippen LogP) is 2.57. The molecule has 1 heterocycles. The van der Waals surface area contributed by atoms with E-state index in [4.69, 9.17) is 0 Å². The van der Waals surface area contributed by atoms with Crippen molar-refractivity contribution < 1.29 is 0 Å². The summed E-state index contributed by atoms with van der Waals surface area (Å²) in [5, 5.41) is 4.73. The van der Waals surface area contributed by atoms with E-state index in [1.54, 1.807) is 11.3 Å². The number of nitrogens with one attached hydrogen (secondary N) is 1. The van der Waals surface area contributed by atoms with Crippen molar-refractivity contribution in [1.82, 2.24) is 10.3 Å². The van der Waals surface area contributed by atoms with Crippen LogP contribution in [-0.4, -0.2) is 11.0 Å². The van der Waals surface area contributed by atoms with Crippen LogP contribution in [0.5, 0.6) is 0 Å². The van der Waals surface area contributed by atoms with E-state index in [0.717, 1.165) is 6.54 Å². The highest BCUT2D eigenvalue weighted by molar-refractivity contribution is 7.11. The molecule has 76 valence electrons. The lowest BCUT2D eigenvalue weighted by atomic mass is 10.2. The first kappa shape index (κ1) is 9.87. The Morgan fingerprint density at radius 2 is 2.14 bits per heavy atom. The third kappa shape index (κ3) is 2.22. The highest BCUT2D eigenvalue weighted by Crippen LogP contribution is 2.18. The van der Waals surface area contributed by atoms with Crippen LogP contribution in [0.15, 0.2) is 12.2 Å². The minimum atomic E-state index is 0.650. The van der Waals surface area contributed by atoms with Crippen LogP contribution < -0.4 is 5.32 Å². The molecule has 0 amide bonds. The van der Waals surface area contributed by atoms with E-state index in [1.165, 1.54) is 28.4 Å². The van der Waals surface area contributed by atoms with Crippen LogP contribution in [0.4, 0.5) is 0 Å². The summed E-state index contributed by atoms with van der Waals surface area (Å²) in [4.78, 5) is 5.80. The van der Waals surface area contributed by atoms with Gasteiger partial charge in [-0.1, -0.05) is 12.2 Å². The number of thiazole rings is 1. The van der Waals surface area contributed by atoms with Gasteiger partial charge in [-0.3, -0.25) is 0 Å². The summed E-state index contributed by atoms with van der Waals surface area (Å²) in [7, 11) is 0. The normalized spacial score (nSPS) is 16.7. The Balaban J connectivity index is 1.88. The molecule has 0 radical (unpaired) electrons. The highest BCUT2D eigenvalue weighted by Gasteiger charge is 2.11. The van der Waals surface area contributed by atoms with Crippen molar-refractivity contribution in [1.29, 1.82) is 0 Å². The number of rotatable bonds is 3. The van der Waals surface area contributed by atoms with Crippen molar-refractivity contribution in [3.05, 3.63) is 27.7 Å². The van der Waals surface area contributed by atoms with Gasteiger partial charge in [0.1, 0.15) is 0 Å². The number of hydrogen-bond acceptors (Lipinski definition) is 3. The molecule has 1 aromatic rings. The Morgan fingerprint density at radius 1 is 1.43 bits per heavy atom. The third-order valence-corrected chi connectivity index (χ3v) is 3.63. The largest absolute Gasteiger partial charge is 0.308 e. The molecular formula is C11H16N2S. The molecule has 1 aromatic heterocycles. The molecule has 1 N–H and O–H groups in total. The molecule has 0 atom stereocenters. The van der Waals surface area contributed by atoms with Crippen molar-refractivity contribution in [2.75, 3.05) is 0 Å². The smallest absolute Gasteiger partial charge is 0.0900 e. The van der Waals surface area contributed by atoms with Crippen LogP contribution >= 0.6 is 11.3 Å². The Hall–Kier alpha value is -0.670. The van der Waals surface area contributed by atoms with E-state index in [2.05, 4.69) is 36.3 Å². The van der Waals surface area contributed by atoms with E-state index >= 15 is 0 Å². The van der Waals surface area contributed by atoms with Gasteiger partial charge < -0.3 is 5.32 Å². The van der Waals surface area contributed by atoms with Crippen LogP contribution in [0.3, 0.4) is 0 Å². The van der Waals surface area contributed by atoms with Crippen LogP contribution in [0.25, 0.3) is 0 Å². The van der Waals surface area contributed by atoms with Crippen molar-refractivity contribution in [3.8, 4) is 0 Å². The minimum Gasteiger partial charge on any atom is -0.308 e. The van der Waals surface area contributed by atoms with Gasteiger partial charge in [0.15, 0.2) is 0 Å². The lowest BCUT2D eigenvalue weighted by Gasteiger charge is -2.10. The molecule has 0 fully saturated rings. The standard InChI is InChI=1S/C11H16N2S/c1-8-11(14-9(2)13-8)7-12-10-5-3-4-6-10/h3-4,10,12H,5-7H2,1-2H3. The summed E-state index contributed by atoms with van der Waals surface area (Å²) in [6.45, 7) is 5.13. The Morgan fingerprint density at radius 3 is 2.71 bits per heavy atom. The molecule has 0 aliphatic heterocycles. The first-order chi connectivity index (χ1) is 6.75. The quantitative estimate of drug-likeness (QED) is 0.772. The maximum Gasteiger partial charge on any atom is 0.0900 e. The molecule has 14 heavy (non-hydrogen) atoms. The highest BCUT2D eigenvalue weighted by atomic mass is 32.1. The fourth-order valence-electron chi connectivity index (χ4n) is 1.76. The van der Waals surface area contributed by atoms with Crippen molar-refractivity contribution in [2.24, 2.45) is 0 Å². The van der Waals surface area contributed by atoms with Crippen LogP contribution in [-0.2, 0) is 6.54 Å². The molecule has 1 aliphatic carbocycles. The first-order valence-electron chi connectivity index (χ1n) is 5.07. The summed E-state index contributed by atoms with van der Waals surface area (Å²) >= 11 is 1.80. The lowest BCUT2D eigenvalue weighted by molar-refractivity contribution is 0.540. The zero-order chi connectivity index (χ0) is 9.97. The van der Waals surface area contributed by atoms with Gasteiger partial charge in [0.2, 0.25) is 0 Å². The molecule has 0 bridgehead atoms. The first-order valence-corrected chi connectivity index (χ1v) is 5.88. The lowest BCUT2D eigenvalue weighted by Crippen LogP contribution is -2.25. The zero-order valence-electron chi connectivity index (χ0n) is 8.71. The van der Waals surface area contributed by atoms with E-state index in [-0.39, 0.29) is 0 Å². The zero-order valence-corrected chi connectivity index (χ0v) is 9.53. The van der Waals surface area contributed by atoms with Gasteiger partial charge in [-0.25, -0.2) is 4.98 Å². The molecule has 0 spiro atoms. The van der Waals surface area contributed by atoms with Crippen LogP contribution in [0.2, 0.25) is 0 Å². The molecule has 0 saturated heterocycles. The number of aromatic nitrogens is 1. The fourth-order valence-corrected chi connectivity index (χ4v) is 2.65. The van der Waals surface area contributed by atoms with Gasteiger partial charge in [0.25, 0.3) is 0 Å². The summed E-state index contributed by atoms with van der Waals surface area (Å²) < 4.78 is 0. The van der Waals surface area contributed by atoms with Gasteiger partial charge in [0, 0.05) is 17.5 Å². The summed E-state index contributed by atoms with van der Waals surface area (Å²) in [5.74, 6) is 0. The van der Waals surface area contributed by atoms with Crippen LogP contribution in [0, 0.1) is 13.8 Å². The van der Waals surface area contributed by atoms with Gasteiger partial charge in [-0.2, -0.15) is 0 Å². The monoisotopic (exact) mass is 208 g/mol. The molecule has 1 aliphatic rings. The SMILES string of the molecule is Cc1nc(C)c(CNC2CC=CC2)s1. The molecule has 3 heteroatoms. The number of hydrogen-bond donors (Lipinski definition) is 1. The summed E-state index contributed by atoms with van der Waals surface area (Å²) in [6, 6.07) is 0.650. The van der Waals surface area contributed by atoms with E-state index in [1.807, 2.05) is 0 Å². The topological polar surface area (TPSA) is 24.9 Å². The van der Waals surface area contributed by atoms with Crippen LogP contribution in [0.1, 0.15) is 28.4 Å². The van der Waals surface area contributed by atoms with E-state index in [9.17, 15) is 0 Å². The molecule has 0 unspecified atom stereocenters. The second kappa shape index (κ2) is 4.24. The Kier molecular flexibility index (Phi) is 2.99. The van der Waals surface area contributed by atoms with Gasteiger partial charge in [-0.15, -0.1) is 11.3 Å². The second-order valence-electron chi connectivity index (χ2n) is 3.76. The van der Waals surface area contributed by atoms with Crippen molar-refractivity contribution in [3.63, 3.8) is 0 Å². The van der Waals surface area contributed by atoms with Gasteiger partial charge >= 0.3 is 0 Å². The van der Waals surface area contributed by atoms with E-state index in [0.29, 0.717) is 6.04 Å². The molecule has 2 nitrogen and oxygen atoms in total. The van der Waals surface area contributed by atoms with Crippen molar-refractivity contribution >= 4 is 11.3 Å². The summed E-state index contributed by atoms with van der Waals surface area (Å²) in [5.41, 5.74) is 1.19. The molecule has 0 aromatic carbocycles. The number of aryl methyl sites for hydroxylation is 2. The second-order valence-corrected chi connectivity index (χ2v) is 5.05. The fraction of sp³-hybridized carbons (Fsp3) is 0.545. The van der Waals surface area contributed by atoms with Gasteiger partial charge in [-0.05, 0) is 26.7 Å².